The molecule has 0 saturated carbocycles. The Balaban J connectivity index is 1.30. The summed E-state index contributed by atoms with van der Waals surface area (Å²) in [6.07, 6.45) is 1.85. The van der Waals surface area contributed by atoms with Crippen LogP contribution in [0.5, 0.6) is 0 Å². The molecule has 166 valence electrons. The Kier molecular flexibility index (Phi) is 7.61. The number of carbonyl (C=O) groups excluding carboxylic acids is 1. The Labute approximate surface area is 187 Å². The molecule has 1 amide bonds. The van der Waals surface area contributed by atoms with Gasteiger partial charge in [0.1, 0.15) is 5.82 Å². The SMILES string of the molecule is C=CCn1c(CN2CCOCC2)nnc1SCC(=O)N1CCN(c2ccccc2)CC1. The van der Waals surface area contributed by atoms with Crippen molar-refractivity contribution < 1.29 is 9.53 Å². The lowest BCUT2D eigenvalue weighted by Crippen LogP contribution is -2.49. The van der Waals surface area contributed by atoms with E-state index in [0.29, 0.717) is 12.3 Å². The largest absolute Gasteiger partial charge is 0.379 e. The van der Waals surface area contributed by atoms with E-state index in [0.717, 1.165) is 70.0 Å². The number of carbonyl (C=O) groups is 1. The van der Waals surface area contributed by atoms with Crippen LogP contribution < -0.4 is 4.90 Å². The molecule has 1 aromatic heterocycles. The monoisotopic (exact) mass is 442 g/mol. The van der Waals surface area contributed by atoms with Crippen molar-refractivity contribution in [1.82, 2.24) is 24.6 Å². The molecule has 1 aromatic carbocycles. The topological polar surface area (TPSA) is 66.7 Å². The smallest absolute Gasteiger partial charge is 0.233 e. The van der Waals surface area contributed by atoms with Crippen LogP contribution in [0.1, 0.15) is 5.82 Å². The van der Waals surface area contributed by atoms with Gasteiger partial charge in [-0.05, 0) is 12.1 Å². The van der Waals surface area contributed by atoms with Crippen molar-refractivity contribution in [1.29, 1.82) is 0 Å². The number of piperazine rings is 1. The van der Waals surface area contributed by atoms with E-state index in [1.54, 1.807) is 0 Å². The zero-order valence-corrected chi connectivity index (χ0v) is 18.7. The van der Waals surface area contributed by atoms with E-state index in [1.807, 2.05) is 17.0 Å². The first-order chi connectivity index (χ1) is 15.2. The molecular formula is C22H30N6O2S. The predicted molar refractivity (Wildman–Crippen MR) is 122 cm³/mol. The number of hydrogen-bond acceptors (Lipinski definition) is 7. The molecule has 0 radical (unpaired) electrons. The molecule has 0 aliphatic carbocycles. The lowest BCUT2D eigenvalue weighted by atomic mass is 10.2. The summed E-state index contributed by atoms with van der Waals surface area (Å²) in [5.74, 6) is 1.44. The first-order valence-electron chi connectivity index (χ1n) is 10.8. The predicted octanol–water partition coefficient (Wildman–Crippen LogP) is 1.74. The van der Waals surface area contributed by atoms with Gasteiger partial charge in [-0.1, -0.05) is 36.0 Å². The number of nitrogens with zero attached hydrogens (tertiary/aromatic N) is 6. The maximum absolute atomic E-state index is 12.8. The van der Waals surface area contributed by atoms with E-state index in [-0.39, 0.29) is 5.91 Å². The highest BCUT2D eigenvalue weighted by Crippen LogP contribution is 2.20. The number of thioether (sulfide) groups is 1. The molecule has 0 atom stereocenters. The lowest BCUT2D eigenvalue weighted by molar-refractivity contribution is -0.128. The minimum absolute atomic E-state index is 0.153. The van der Waals surface area contributed by atoms with Crippen molar-refractivity contribution in [3.05, 3.63) is 48.8 Å². The molecule has 9 heteroatoms. The highest BCUT2D eigenvalue weighted by atomic mass is 32.2. The lowest BCUT2D eigenvalue weighted by Gasteiger charge is -2.36. The van der Waals surface area contributed by atoms with Gasteiger partial charge in [-0.3, -0.25) is 9.69 Å². The average Bonchev–Trinajstić information content (AvgIpc) is 3.20. The highest BCUT2D eigenvalue weighted by Gasteiger charge is 2.23. The summed E-state index contributed by atoms with van der Waals surface area (Å²) in [5, 5.41) is 9.53. The van der Waals surface area contributed by atoms with Crippen LogP contribution in [0.25, 0.3) is 0 Å². The number of para-hydroxylation sites is 1. The number of rotatable bonds is 8. The second kappa shape index (κ2) is 10.8. The van der Waals surface area contributed by atoms with Crippen LogP contribution >= 0.6 is 11.8 Å². The van der Waals surface area contributed by atoms with Crippen molar-refractivity contribution in [2.45, 2.75) is 18.2 Å². The van der Waals surface area contributed by atoms with E-state index >= 15 is 0 Å². The minimum atomic E-state index is 0.153. The third-order valence-corrected chi connectivity index (χ3v) is 6.60. The third-order valence-electron chi connectivity index (χ3n) is 5.65. The van der Waals surface area contributed by atoms with Crippen LogP contribution in [-0.4, -0.2) is 88.7 Å². The van der Waals surface area contributed by atoms with Gasteiger partial charge in [0.25, 0.3) is 0 Å². The zero-order chi connectivity index (χ0) is 21.5. The number of anilines is 1. The zero-order valence-electron chi connectivity index (χ0n) is 17.9. The van der Waals surface area contributed by atoms with E-state index in [4.69, 9.17) is 4.74 Å². The Morgan fingerprint density at radius 3 is 2.52 bits per heavy atom. The number of amides is 1. The quantitative estimate of drug-likeness (QED) is 0.456. The number of morpholine rings is 1. The summed E-state index contributed by atoms with van der Waals surface area (Å²) in [6.45, 7) is 11.8. The summed E-state index contributed by atoms with van der Waals surface area (Å²) in [6, 6.07) is 10.4. The number of allylic oxidation sites excluding steroid dienone is 1. The normalized spacial score (nSPS) is 17.7. The summed E-state index contributed by atoms with van der Waals surface area (Å²) in [5.41, 5.74) is 1.22. The van der Waals surface area contributed by atoms with Gasteiger partial charge in [-0.15, -0.1) is 16.8 Å². The van der Waals surface area contributed by atoms with Crippen LogP contribution in [0.4, 0.5) is 5.69 Å². The maximum Gasteiger partial charge on any atom is 0.233 e. The highest BCUT2D eigenvalue weighted by molar-refractivity contribution is 7.99. The molecule has 0 N–H and O–H groups in total. The number of hydrogen-bond donors (Lipinski definition) is 0. The molecule has 4 rings (SSSR count). The van der Waals surface area contributed by atoms with Gasteiger partial charge in [0.05, 0.1) is 25.5 Å². The minimum Gasteiger partial charge on any atom is -0.379 e. The van der Waals surface area contributed by atoms with Gasteiger partial charge in [0, 0.05) is 51.5 Å². The van der Waals surface area contributed by atoms with Crippen molar-refractivity contribution in [2.75, 3.05) is 63.1 Å². The fraction of sp³-hybridized carbons (Fsp3) is 0.500. The van der Waals surface area contributed by atoms with Crippen molar-refractivity contribution >= 4 is 23.4 Å². The maximum atomic E-state index is 12.8. The van der Waals surface area contributed by atoms with Gasteiger partial charge < -0.3 is 19.1 Å². The molecule has 2 aliphatic heterocycles. The standard InChI is InChI=1S/C22H30N6O2S/c1-2-8-28-20(17-25-13-15-30-16-14-25)23-24-22(28)31-18-21(29)27-11-9-26(10-12-27)19-6-4-3-5-7-19/h2-7H,1,8-18H2. The van der Waals surface area contributed by atoms with E-state index in [1.165, 1.54) is 17.4 Å². The second-order valence-electron chi connectivity index (χ2n) is 7.68. The first-order valence-corrected chi connectivity index (χ1v) is 11.8. The number of aromatic nitrogens is 3. The van der Waals surface area contributed by atoms with Gasteiger partial charge in [0.2, 0.25) is 5.91 Å². The van der Waals surface area contributed by atoms with Crippen LogP contribution in [0.15, 0.2) is 48.1 Å². The van der Waals surface area contributed by atoms with Gasteiger partial charge in [-0.2, -0.15) is 0 Å². The van der Waals surface area contributed by atoms with Crippen molar-refractivity contribution in [3.63, 3.8) is 0 Å². The second-order valence-corrected chi connectivity index (χ2v) is 8.62. The van der Waals surface area contributed by atoms with Crippen LogP contribution in [0.2, 0.25) is 0 Å². The fourth-order valence-electron chi connectivity index (χ4n) is 3.88. The number of ether oxygens (including phenoxy) is 1. The summed E-state index contributed by atoms with van der Waals surface area (Å²) >= 11 is 1.46. The molecule has 0 spiro atoms. The fourth-order valence-corrected chi connectivity index (χ4v) is 4.75. The van der Waals surface area contributed by atoms with Crippen LogP contribution in [0.3, 0.4) is 0 Å². The number of benzene rings is 1. The first kappa shape index (κ1) is 21.9. The molecule has 0 bridgehead atoms. The Hall–Kier alpha value is -2.36. The molecule has 0 unspecified atom stereocenters. The summed E-state index contributed by atoms with van der Waals surface area (Å²) in [7, 11) is 0. The molecule has 2 fully saturated rings. The van der Waals surface area contributed by atoms with Gasteiger partial charge in [0.15, 0.2) is 5.16 Å². The van der Waals surface area contributed by atoms with Gasteiger partial charge >= 0.3 is 0 Å². The molecule has 2 aromatic rings. The Morgan fingerprint density at radius 1 is 1.06 bits per heavy atom. The molecule has 8 nitrogen and oxygen atoms in total. The van der Waals surface area contributed by atoms with Crippen LogP contribution in [-0.2, 0) is 22.6 Å². The summed E-state index contributed by atoms with van der Waals surface area (Å²) in [4.78, 5) is 19.4. The molecule has 2 aliphatic rings. The Morgan fingerprint density at radius 2 is 1.81 bits per heavy atom. The van der Waals surface area contributed by atoms with E-state index in [2.05, 4.69) is 55.4 Å². The molecule has 2 saturated heterocycles. The summed E-state index contributed by atoms with van der Waals surface area (Å²) < 4.78 is 7.49. The van der Waals surface area contributed by atoms with Crippen molar-refractivity contribution in [3.8, 4) is 0 Å². The Bertz CT molecular complexity index is 860. The average molecular weight is 443 g/mol. The van der Waals surface area contributed by atoms with Gasteiger partial charge in [-0.25, -0.2) is 0 Å². The van der Waals surface area contributed by atoms with E-state index in [9.17, 15) is 4.79 Å². The molecule has 31 heavy (non-hydrogen) atoms. The van der Waals surface area contributed by atoms with Crippen molar-refractivity contribution in [2.24, 2.45) is 0 Å². The molecule has 3 heterocycles. The van der Waals surface area contributed by atoms with E-state index < -0.39 is 0 Å². The molecular weight excluding hydrogens is 412 g/mol. The third kappa shape index (κ3) is 5.66. The van der Waals surface area contributed by atoms with Crippen LogP contribution in [0, 0.1) is 0 Å².